The average molecular weight is 423 g/mol. The Bertz CT molecular complexity index is 1640. The van der Waals surface area contributed by atoms with Gasteiger partial charge in [-0.3, -0.25) is 4.98 Å². The molecule has 0 saturated carbocycles. The van der Waals surface area contributed by atoms with E-state index in [9.17, 15) is 4.39 Å². The van der Waals surface area contributed by atoms with Gasteiger partial charge in [0.25, 0.3) is 0 Å². The molecule has 0 unspecified atom stereocenters. The second-order valence-corrected chi connectivity index (χ2v) is 7.52. The number of hydrogen-bond acceptors (Lipinski definition) is 4. The molecule has 0 aliphatic carbocycles. The zero-order valence-corrected chi connectivity index (χ0v) is 16.7. The summed E-state index contributed by atoms with van der Waals surface area (Å²) in [5.41, 5.74) is 2.68. The van der Waals surface area contributed by atoms with Gasteiger partial charge in [-0.05, 0) is 22.9 Å². The molecule has 3 heterocycles. The average Bonchev–Trinajstić information content (AvgIpc) is 3.23. The van der Waals surface area contributed by atoms with Crippen LogP contribution in [0.5, 0.6) is 0 Å². The molecule has 6 rings (SSSR count). The molecule has 154 valence electrons. The maximum Gasteiger partial charge on any atom is 0.197 e. The Morgan fingerprint density at radius 1 is 0.844 bits per heavy atom. The topological polar surface area (TPSA) is 56.5 Å². The van der Waals surface area contributed by atoms with E-state index in [0.29, 0.717) is 17.0 Å². The zero-order chi connectivity index (χ0) is 21.7. The second kappa shape index (κ2) is 7.16. The number of pyridine rings is 1. The summed E-state index contributed by atoms with van der Waals surface area (Å²) in [6, 6.07) is 18.5. The van der Waals surface area contributed by atoms with Crippen molar-refractivity contribution in [3.05, 3.63) is 96.6 Å². The summed E-state index contributed by atoms with van der Waals surface area (Å²) < 4.78 is 31.4. The van der Waals surface area contributed by atoms with Crippen molar-refractivity contribution < 1.29 is 8.78 Å². The molecule has 0 saturated heterocycles. The van der Waals surface area contributed by atoms with Crippen molar-refractivity contribution in [2.45, 2.75) is 6.54 Å². The van der Waals surface area contributed by atoms with Crippen LogP contribution in [-0.4, -0.2) is 24.5 Å². The Labute approximate surface area is 181 Å². The van der Waals surface area contributed by atoms with Crippen LogP contribution in [-0.2, 0) is 6.54 Å². The Hall–Kier alpha value is -4.26. The number of aromatic nitrogens is 5. The van der Waals surface area contributed by atoms with E-state index in [-0.39, 0.29) is 23.0 Å². The van der Waals surface area contributed by atoms with Crippen LogP contribution in [0.2, 0.25) is 0 Å². The van der Waals surface area contributed by atoms with Crippen LogP contribution in [0, 0.1) is 11.6 Å². The predicted octanol–water partition coefficient (Wildman–Crippen LogP) is 5.52. The molecule has 0 aliphatic heterocycles. The summed E-state index contributed by atoms with van der Waals surface area (Å²) in [6.07, 6.45) is 4.68. The third kappa shape index (κ3) is 2.90. The minimum absolute atomic E-state index is 0.0628. The SMILES string of the molecule is Fc1cc2ncccc2c(F)c1Cn1cnc2ncc(-c3cccc4ccccc34)nc21. The Kier molecular flexibility index (Phi) is 4.14. The van der Waals surface area contributed by atoms with Gasteiger partial charge < -0.3 is 4.57 Å². The fraction of sp³-hybridized carbons (Fsp3) is 0.0400. The molecular formula is C25H15F2N5. The van der Waals surface area contributed by atoms with Crippen molar-refractivity contribution in [3.8, 4) is 11.3 Å². The number of imidazole rings is 1. The van der Waals surface area contributed by atoms with Gasteiger partial charge in [-0.25, -0.2) is 23.7 Å². The lowest BCUT2D eigenvalue weighted by Gasteiger charge is -2.10. The van der Waals surface area contributed by atoms with E-state index >= 15 is 4.39 Å². The van der Waals surface area contributed by atoms with Gasteiger partial charge in [0.2, 0.25) is 0 Å². The van der Waals surface area contributed by atoms with Gasteiger partial charge in [-0.1, -0.05) is 42.5 Å². The third-order valence-corrected chi connectivity index (χ3v) is 5.61. The smallest absolute Gasteiger partial charge is 0.197 e. The maximum atomic E-state index is 15.1. The van der Waals surface area contributed by atoms with Gasteiger partial charge >= 0.3 is 0 Å². The lowest BCUT2D eigenvalue weighted by molar-refractivity contribution is 0.554. The molecule has 7 heteroatoms. The van der Waals surface area contributed by atoms with E-state index < -0.39 is 11.6 Å². The van der Waals surface area contributed by atoms with Crippen molar-refractivity contribution >= 4 is 33.0 Å². The molecule has 0 N–H and O–H groups in total. The molecule has 3 aromatic heterocycles. The molecule has 6 aromatic rings. The van der Waals surface area contributed by atoms with Crippen LogP contribution in [0.15, 0.2) is 79.4 Å². The molecule has 3 aromatic carbocycles. The van der Waals surface area contributed by atoms with Gasteiger partial charge in [0.1, 0.15) is 11.6 Å². The monoisotopic (exact) mass is 423 g/mol. The lowest BCUT2D eigenvalue weighted by atomic mass is 10.0. The first-order valence-electron chi connectivity index (χ1n) is 10.1. The molecule has 0 aliphatic rings. The van der Waals surface area contributed by atoms with E-state index in [1.807, 2.05) is 42.5 Å². The van der Waals surface area contributed by atoms with Crippen molar-refractivity contribution in [2.24, 2.45) is 0 Å². The number of halogens is 2. The zero-order valence-electron chi connectivity index (χ0n) is 16.7. The van der Waals surface area contributed by atoms with Crippen molar-refractivity contribution in [2.75, 3.05) is 0 Å². The van der Waals surface area contributed by atoms with E-state index in [2.05, 4.69) is 15.0 Å². The first kappa shape index (κ1) is 18.5. The van der Waals surface area contributed by atoms with Gasteiger partial charge in [-0.15, -0.1) is 0 Å². The molecule has 0 spiro atoms. The molecule has 0 bridgehead atoms. The Balaban J connectivity index is 1.48. The first-order chi connectivity index (χ1) is 15.7. The molecular weight excluding hydrogens is 408 g/mol. The summed E-state index contributed by atoms with van der Waals surface area (Å²) in [6.45, 7) is -0.0628. The fourth-order valence-electron chi connectivity index (χ4n) is 4.04. The molecule has 0 atom stereocenters. The van der Waals surface area contributed by atoms with Crippen LogP contribution in [0.3, 0.4) is 0 Å². The Morgan fingerprint density at radius 3 is 2.62 bits per heavy atom. The van der Waals surface area contributed by atoms with Crippen molar-refractivity contribution in [1.29, 1.82) is 0 Å². The second-order valence-electron chi connectivity index (χ2n) is 7.52. The highest BCUT2D eigenvalue weighted by Crippen LogP contribution is 2.28. The van der Waals surface area contributed by atoms with Gasteiger partial charge in [-0.2, -0.15) is 0 Å². The van der Waals surface area contributed by atoms with Gasteiger partial charge in [0.05, 0.1) is 30.3 Å². The number of fused-ring (bicyclic) bond motifs is 3. The molecule has 32 heavy (non-hydrogen) atoms. The van der Waals surface area contributed by atoms with Gasteiger partial charge in [0, 0.05) is 28.8 Å². The summed E-state index contributed by atoms with van der Waals surface area (Å²) in [5, 5.41) is 2.42. The maximum absolute atomic E-state index is 15.1. The quantitative estimate of drug-likeness (QED) is 0.376. The first-order valence-corrected chi connectivity index (χ1v) is 10.1. The lowest BCUT2D eigenvalue weighted by Crippen LogP contribution is -2.06. The van der Waals surface area contributed by atoms with Crippen molar-refractivity contribution in [1.82, 2.24) is 24.5 Å². The highest BCUT2D eigenvalue weighted by atomic mass is 19.1. The Morgan fingerprint density at radius 2 is 1.69 bits per heavy atom. The molecule has 0 amide bonds. The number of hydrogen-bond donors (Lipinski definition) is 0. The minimum atomic E-state index is -0.659. The van der Waals surface area contributed by atoms with Crippen LogP contribution < -0.4 is 0 Å². The van der Waals surface area contributed by atoms with E-state index in [1.54, 1.807) is 22.9 Å². The number of benzene rings is 3. The summed E-state index contributed by atoms with van der Waals surface area (Å²) >= 11 is 0. The molecule has 0 radical (unpaired) electrons. The minimum Gasteiger partial charge on any atom is -0.309 e. The third-order valence-electron chi connectivity index (χ3n) is 5.61. The summed E-state index contributed by atoms with van der Waals surface area (Å²) in [7, 11) is 0. The summed E-state index contributed by atoms with van der Waals surface area (Å²) in [5.74, 6) is -1.29. The van der Waals surface area contributed by atoms with Crippen LogP contribution >= 0.6 is 0 Å². The summed E-state index contributed by atoms with van der Waals surface area (Å²) in [4.78, 5) is 17.5. The van der Waals surface area contributed by atoms with Gasteiger partial charge in [0.15, 0.2) is 11.3 Å². The van der Waals surface area contributed by atoms with E-state index in [4.69, 9.17) is 4.98 Å². The molecule has 5 nitrogen and oxygen atoms in total. The number of nitrogens with zero attached hydrogens (tertiary/aromatic N) is 5. The van der Waals surface area contributed by atoms with Crippen LogP contribution in [0.1, 0.15) is 5.56 Å². The standard InChI is InChI=1S/C25H15F2N5/c26-20-11-21-18(9-4-10-28-21)23(27)19(20)13-32-14-30-24-25(32)31-22(12-29-24)17-8-3-6-15-5-1-2-7-16(15)17/h1-12,14H,13H2. The van der Waals surface area contributed by atoms with Crippen molar-refractivity contribution in [3.63, 3.8) is 0 Å². The highest BCUT2D eigenvalue weighted by Gasteiger charge is 2.17. The fourth-order valence-corrected chi connectivity index (χ4v) is 4.04. The van der Waals surface area contributed by atoms with Crippen LogP contribution in [0.25, 0.3) is 44.2 Å². The normalized spacial score (nSPS) is 11.6. The predicted molar refractivity (Wildman–Crippen MR) is 119 cm³/mol. The molecule has 0 fully saturated rings. The highest BCUT2D eigenvalue weighted by molar-refractivity contribution is 5.96. The van der Waals surface area contributed by atoms with Crippen LogP contribution in [0.4, 0.5) is 8.78 Å². The largest absolute Gasteiger partial charge is 0.309 e. The number of rotatable bonds is 3. The van der Waals surface area contributed by atoms with E-state index in [0.717, 1.165) is 16.3 Å². The van der Waals surface area contributed by atoms with E-state index in [1.165, 1.54) is 18.6 Å².